The Morgan fingerprint density at radius 2 is 1.94 bits per heavy atom. The minimum absolute atomic E-state index is 0.646. The van der Waals surface area contributed by atoms with E-state index in [1.807, 2.05) is 0 Å². The molecular formula is C15H23NSe. The number of hydrogen-bond donors (Lipinski definition) is 1. The van der Waals surface area contributed by atoms with Crippen LogP contribution in [0, 0.1) is 0 Å². The van der Waals surface area contributed by atoms with Crippen LogP contribution in [0.25, 0.3) is 0 Å². The Hall–Kier alpha value is -0.301. The second kappa shape index (κ2) is 7.20. The van der Waals surface area contributed by atoms with Gasteiger partial charge in [-0.1, -0.05) is 0 Å². The summed E-state index contributed by atoms with van der Waals surface area (Å²) in [6.07, 6.45) is 6.87. The van der Waals surface area contributed by atoms with Gasteiger partial charge in [0.15, 0.2) is 0 Å². The third-order valence-corrected chi connectivity index (χ3v) is 5.87. The summed E-state index contributed by atoms with van der Waals surface area (Å²) in [6.45, 7) is 2.29. The van der Waals surface area contributed by atoms with Gasteiger partial charge in [0, 0.05) is 0 Å². The number of rotatable bonds is 5. The average molecular weight is 296 g/mol. The zero-order valence-corrected chi connectivity index (χ0v) is 12.4. The molecule has 2 atom stereocenters. The van der Waals surface area contributed by atoms with Crippen LogP contribution in [0.5, 0.6) is 0 Å². The first-order valence-electron chi connectivity index (χ1n) is 6.82. The van der Waals surface area contributed by atoms with Crippen molar-refractivity contribution in [3.05, 3.63) is 30.3 Å². The average Bonchev–Trinajstić information content (AvgIpc) is 2.39. The van der Waals surface area contributed by atoms with E-state index in [2.05, 4.69) is 42.6 Å². The van der Waals surface area contributed by atoms with Crippen molar-refractivity contribution in [1.29, 1.82) is 0 Å². The molecule has 1 saturated heterocycles. The second-order valence-corrected chi connectivity index (χ2v) is 7.20. The molecule has 0 aliphatic carbocycles. The third kappa shape index (κ3) is 4.46. The standard InChI is InChI=1S/C15H23NSe/c1-2-7-13-8-6-9-14(16-13)12-17-15-10-4-3-5-11-15/h3-5,10-11,13-14,16H,2,6-9,12H2,1H3/t13-,14-/m0/s1. The van der Waals surface area contributed by atoms with Crippen molar-refractivity contribution in [2.24, 2.45) is 0 Å². The molecule has 1 aromatic carbocycles. The Morgan fingerprint density at radius 1 is 1.18 bits per heavy atom. The summed E-state index contributed by atoms with van der Waals surface area (Å²) >= 11 is 0.646. The number of piperidine rings is 1. The maximum atomic E-state index is 3.84. The van der Waals surface area contributed by atoms with Crippen molar-refractivity contribution >= 4 is 19.4 Å². The van der Waals surface area contributed by atoms with Crippen LogP contribution in [0.15, 0.2) is 30.3 Å². The van der Waals surface area contributed by atoms with Gasteiger partial charge in [-0.25, -0.2) is 0 Å². The molecule has 0 aromatic heterocycles. The molecule has 0 bridgehead atoms. The van der Waals surface area contributed by atoms with Crippen LogP contribution in [0.2, 0.25) is 5.32 Å². The van der Waals surface area contributed by atoms with Crippen LogP contribution in [0.3, 0.4) is 0 Å². The predicted molar refractivity (Wildman–Crippen MR) is 76.1 cm³/mol. The fourth-order valence-corrected chi connectivity index (χ4v) is 4.64. The van der Waals surface area contributed by atoms with E-state index in [0.717, 1.165) is 12.1 Å². The second-order valence-electron chi connectivity index (χ2n) is 4.90. The number of benzene rings is 1. The molecule has 1 N–H and O–H groups in total. The maximum absolute atomic E-state index is 3.84. The summed E-state index contributed by atoms with van der Waals surface area (Å²) in [5.74, 6) is 0. The Bertz CT molecular complexity index is 310. The fourth-order valence-electron chi connectivity index (χ4n) is 2.53. The van der Waals surface area contributed by atoms with E-state index in [9.17, 15) is 0 Å². The van der Waals surface area contributed by atoms with Crippen LogP contribution < -0.4 is 9.78 Å². The Labute approximate surface area is 112 Å². The number of nitrogens with one attached hydrogen (secondary N) is 1. The molecule has 1 heterocycles. The van der Waals surface area contributed by atoms with E-state index in [0.29, 0.717) is 15.0 Å². The van der Waals surface area contributed by atoms with E-state index in [1.54, 1.807) is 4.46 Å². The van der Waals surface area contributed by atoms with Crippen LogP contribution in [-0.4, -0.2) is 27.0 Å². The van der Waals surface area contributed by atoms with Crippen LogP contribution in [-0.2, 0) is 0 Å². The van der Waals surface area contributed by atoms with Gasteiger partial charge in [0.1, 0.15) is 0 Å². The minimum atomic E-state index is 0.646. The monoisotopic (exact) mass is 297 g/mol. The molecular weight excluding hydrogens is 273 g/mol. The quantitative estimate of drug-likeness (QED) is 0.824. The van der Waals surface area contributed by atoms with Gasteiger partial charge in [-0.05, 0) is 0 Å². The summed E-state index contributed by atoms with van der Waals surface area (Å²) < 4.78 is 1.54. The van der Waals surface area contributed by atoms with E-state index < -0.39 is 0 Å². The van der Waals surface area contributed by atoms with Crippen molar-refractivity contribution in [3.63, 3.8) is 0 Å². The van der Waals surface area contributed by atoms with Crippen LogP contribution in [0.1, 0.15) is 39.0 Å². The van der Waals surface area contributed by atoms with Gasteiger partial charge in [-0.3, -0.25) is 0 Å². The summed E-state index contributed by atoms with van der Waals surface area (Å²) in [4.78, 5) is 0. The van der Waals surface area contributed by atoms with Gasteiger partial charge >= 0.3 is 111 Å². The molecule has 0 spiro atoms. The summed E-state index contributed by atoms with van der Waals surface area (Å²) in [5.41, 5.74) is 0. The Kier molecular flexibility index (Phi) is 5.57. The van der Waals surface area contributed by atoms with Crippen LogP contribution >= 0.6 is 0 Å². The summed E-state index contributed by atoms with van der Waals surface area (Å²) in [7, 11) is 0. The third-order valence-electron chi connectivity index (χ3n) is 3.41. The molecule has 94 valence electrons. The molecule has 1 aromatic rings. The molecule has 2 heteroatoms. The first kappa shape index (κ1) is 13.1. The molecule has 2 rings (SSSR count). The van der Waals surface area contributed by atoms with Gasteiger partial charge in [0.05, 0.1) is 0 Å². The first-order valence-corrected chi connectivity index (χ1v) is 8.89. The molecule has 0 radical (unpaired) electrons. The number of hydrogen-bond acceptors (Lipinski definition) is 1. The molecule has 1 aliphatic rings. The normalized spacial score (nSPS) is 24.8. The predicted octanol–water partition coefficient (Wildman–Crippen LogP) is 2.75. The SMILES string of the molecule is CCC[C@H]1CCC[C@@H](C[Se]c2ccccc2)N1. The Morgan fingerprint density at radius 3 is 2.71 bits per heavy atom. The van der Waals surface area contributed by atoms with Gasteiger partial charge in [0.25, 0.3) is 0 Å². The van der Waals surface area contributed by atoms with E-state index in [1.165, 1.54) is 37.4 Å². The van der Waals surface area contributed by atoms with Crippen molar-refractivity contribution in [3.8, 4) is 0 Å². The first-order chi connectivity index (χ1) is 8.38. The van der Waals surface area contributed by atoms with E-state index in [4.69, 9.17) is 0 Å². The van der Waals surface area contributed by atoms with Crippen molar-refractivity contribution in [1.82, 2.24) is 5.32 Å². The molecule has 0 unspecified atom stereocenters. The van der Waals surface area contributed by atoms with Gasteiger partial charge < -0.3 is 0 Å². The van der Waals surface area contributed by atoms with E-state index >= 15 is 0 Å². The summed E-state index contributed by atoms with van der Waals surface area (Å²) in [5, 5.41) is 5.20. The zero-order valence-electron chi connectivity index (χ0n) is 10.7. The Balaban J connectivity index is 1.75. The van der Waals surface area contributed by atoms with Crippen molar-refractivity contribution in [2.45, 2.75) is 56.4 Å². The van der Waals surface area contributed by atoms with Gasteiger partial charge in [0.2, 0.25) is 0 Å². The topological polar surface area (TPSA) is 12.0 Å². The molecule has 17 heavy (non-hydrogen) atoms. The fraction of sp³-hybridized carbons (Fsp3) is 0.600. The zero-order chi connectivity index (χ0) is 11.9. The van der Waals surface area contributed by atoms with Crippen LogP contribution in [0.4, 0.5) is 0 Å². The summed E-state index contributed by atoms with van der Waals surface area (Å²) in [6, 6.07) is 12.5. The molecule has 0 amide bonds. The van der Waals surface area contributed by atoms with Gasteiger partial charge in [-0.2, -0.15) is 0 Å². The van der Waals surface area contributed by atoms with Crippen molar-refractivity contribution in [2.75, 3.05) is 0 Å². The molecule has 1 aliphatic heterocycles. The molecule has 1 fully saturated rings. The van der Waals surface area contributed by atoms with E-state index in [-0.39, 0.29) is 0 Å². The van der Waals surface area contributed by atoms with Gasteiger partial charge in [-0.15, -0.1) is 0 Å². The van der Waals surface area contributed by atoms with Crippen molar-refractivity contribution < 1.29 is 0 Å². The molecule has 0 saturated carbocycles. The molecule has 1 nitrogen and oxygen atoms in total.